The van der Waals surface area contributed by atoms with Crippen LogP contribution in [0.3, 0.4) is 0 Å². The lowest BCUT2D eigenvalue weighted by Gasteiger charge is -2.48. The van der Waals surface area contributed by atoms with Gasteiger partial charge in [-0.05, 0) is 68.7 Å². The summed E-state index contributed by atoms with van der Waals surface area (Å²) in [5.41, 5.74) is 1.94. The second-order valence-electron chi connectivity index (χ2n) is 12.3. The lowest BCUT2D eigenvalue weighted by Crippen LogP contribution is -2.63. The molecule has 2 saturated carbocycles. The van der Waals surface area contributed by atoms with Crippen LogP contribution in [0.1, 0.15) is 97.3 Å². The third kappa shape index (κ3) is 7.37. The molecule has 0 bridgehead atoms. The van der Waals surface area contributed by atoms with E-state index in [1.807, 2.05) is 0 Å². The lowest BCUT2D eigenvalue weighted by atomic mass is 9.69. The number of nitrogens with one attached hydrogen (secondary N) is 5. The van der Waals surface area contributed by atoms with Crippen LogP contribution in [0.15, 0.2) is 0 Å². The second-order valence-corrected chi connectivity index (χ2v) is 13.3. The SMILES string of the molecule is CC(C)C1CCC(NC(=O)C2NNSC2NC(=O)C2CNC3(CCCCCCCC3)C(C(F)(F)F)C2)CC1. The summed E-state index contributed by atoms with van der Waals surface area (Å²) in [4.78, 5) is 29.1. The highest BCUT2D eigenvalue weighted by Gasteiger charge is 2.56. The van der Waals surface area contributed by atoms with Crippen LogP contribution in [0, 0.1) is 23.7 Å². The summed E-state index contributed by atoms with van der Waals surface area (Å²) in [6.07, 6.45) is 6.09. The van der Waals surface area contributed by atoms with Gasteiger partial charge in [-0.3, -0.25) is 9.59 Å². The first-order valence-corrected chi connectivity index (χ1v) is 15.6. The number of hydrogen-bond acceptors (Lipinski definition) is 6. The van der Waals surface area contributed by atoms with E-state index in [2.05, 4.69) is 40.1 Å². The first-order chi connectivity index (χ1) is 18.1. The van der Waals surface area contributed by atoms with E-state index < -0.39 is 40.9 Å². The Balaban J connectivity index is 1.34. The largest absolute Gasteiger partial charge is 0.393 e. The molecule has 4 rings (SSSR count). The van der Waals surface area contributed by atoms with E-state index in [9.17, 15) is 22.8 Å². The Bertz CT molecular complexity index is 796. The minimum atomic E-state index is -4.37. The van der Waals surface area contributed by atoms with Crippen molar-refractivity contribution in [3.8, 4) is 0 Å². The van der Waals surface area contributed by atoms with Crippen LogP contribution in [0.25, 0.3) is 0 Å². The number of amides is 2. The van der Waals surface area contributed by atoms with E-state index >= 15 is 0 Å². The Hall–Kier alpha value is -1.04. The molecular formula is C27H46F3N5O2S. The number of hydrazine groups is 1. The molecular weight excluding hydrogens is 515 g/mol. The minimum absolute atomic E-state index is 0.112. The van der Waals surface area contributed by atoms with Crippen LogP contribution in [0.4, 0.5) is 13.2 Å². The van der Waals surface area contributed by atoms with Crippen LogP contribution in [-0.2, 0) is 9.59 Å². The highest BCUT2D eigenvalue weighted by molar-refractivity contribution is 7.98. The van der Waals surface area contributed by atoms with Gasteiger partial charge < -0.3 is 16.0 Å². The summed E-state index contributed by atoms with van der Waals surface area (Å²) in [5, 5.41) is 8.63. The van der Waals surface area contributed by atoms with E-state index in [1.165, 1.54) is 11.9 Å². The molecule has 4 unspecified atom stereocenters. The summed E-state index contributed by atoms with van der Waals surface area (Å²) in [6, 6.07) is -0.581. The highest BCUT2D eigenvalue weighted by Crippen LogP contribution is 2.47. The Labute approximate surface area is 229 Å². The molecule has 4 atom stereocenters. The number of rotatable bonds is 5. The van der Waals surface area contributed by atoms with Gasteiger partial charge in [-0.2, -0.15) is 18.0 Å². The summed E-state index contributed by atoms with van der Waals surface area (Å²) >= 11 is 1.18. The second kappa shape index (κ2) is 13.1. The zero-order valence-electron chi connectivity index (χ0n) is 22.8. The van der Waals surface area contributed by atoms with Crippen molar-refractivity contribution >= 4 is 23.8 Å². The lowest BCUT2D eigenvalue weighted by molar-refractivity contribution is -0.210. The standard InChI is InChI=1S/C27H46F3N5O2S/c1-17(2)18-9-11-20(12-10-18)32-24(37)22-25(38-35-34-22)33-23(36)19-15-21(27(28,29)30)26(31-16-19)13-7-5-3-4-6-8-14-26/h17-22,25,31,34-35H,3-16H2,1-2H3,(H,32,37)(H,33,36). The van der Waals surface area contributed by atoms with Gasteiger partial charge in [0.1, 0.15) is 11.4 Å². The molecule has 2 aliphatic heterocycles. The van der Waals surface area contributed by atoms with Crippen molar-refractivity contribution in [2.75, 3.05) is 6.54 Å². The zero-order chi connectivity index (χ0) is 27.3. The first kappa shape index (κ1) is 29.9. The Morgan fingerprint density at radius 3 is 2.16 bits per heavy atom. The van der Waals surface area contributed by atoms with Crippen LogP contribution in [0.5, 0.6) is 0 Å². The van der Waals surface area contributed by atoms with Crippen LogP contribution in [0.2, 0.25) is 0 Å². The van der Waals surface area contributed by atoms with Gasteiger partial charge in [0.15, 0.2) is 0 Å². The van der Waals surface area contributed by atoms with Gasteiger partial charge in [0.25, 0.3) is 0 Å². The Morgan fingerprint density at radius 1 is 0.921 bits per heavy atom. The van der Waals surface area contributed by atoms with Crippen molar-refractivity contribution in [2.24, 2.45) is 23.7 Å². The fraction of sp³-hybridized carbons (Fsp3) is 0.926. The van der Waals surface area contributed by atoms with Crippen molar-refractivity contribution in [1.82, 2.24) is 26.2 Å². The van der Waals surface area contributed by atoms with Gasteiger partial charge in [-0.25, -0.2) is 5.43 Å². The number of piperidine rings is 1. The van der Waals surface area contributed by atoms with Gasteiger partial charge in [0, 0.05) is 18.1 Å². The maximum atomic E-state index is 14.4. The number of carbonyl (C=O) groups excluding carboxylic acids is 2. The Morgan fingerprint density at radius 2 is 1.55 bits per heavy atom. The third-order valence-electron chi connectivity index (χ3n) is 9.48. The van der Waals surface area contributed by atoms with Gasteiger partial charge in [-0.1, -0.05) is 52.4 Å². The maximum absolute atomic E-state index is 14.4. The van der Waals surface area contributed by atoms with Crippen LogP contribution in [-0.4, -0.2) is 47.5 Å². The number of hydrogen-bond donors (Lipinski definition) is 5. The fourth-order valence-electron chi connectivity index (χ4n) is 7.03. The van der Waals surface area contributed by atoms with E-state index in [0.29, 0.717) is 24.7 Å². The van der Waals surface area contributed by atoms with Crippen LogP contribution >= 0.6 is 11.9 Å². The maximum Gasteiger partial charge on any atom is 0.393 e. The van der Waals surface area contributed by atoms with E-state index in [-0.39, 0.29) is 24.9 Å². The highest BCUT2D eigenvalue weighted by atomic mass is 32.2. The van der Waals surface area contributed by atoms with Gasteiger partial charge in [-0.15, -0.1) is 0 Å². The molecule has 0 radical (unpaired) electrons. The van der Waals surface area contributed by atoms with Crippen LogP contribution < -0.4 is 26.2 Å². The van der Waals surface area contributed by atoms with E-state index in [1.54, 1.807) is 0 Å². The van der Waals surface area contributed by atoms with Crippen molar-refractivity contribution < 1.29 is 22.8 Å². The molecule has 2 heterocycles. The molecule has 2 saturated heterocycles. The number of alkyl halides is 3. The van der Waals surface area contributed by atoms with Crippen molar-refractivity contribution in [3.63, 3.8) is 0 Å². The molecule has 5 N–H and O–H groups in total. The Kier molecular flexibility index (Phi) is 10.3. The van der Waals surface area contributed by atoms with E-state index in [4.69, 9.17) is 0 Å². The molecule has 0 aromatic rings. The molecule has 1 spiro atoms. The predicted octanol–water partition coefficient (Wildman–Crippen LogP) is 4.55. The summed E-state index contributed by atoms with van der Waals surface area (Å²) in [6.45, 7) is 4.70. The topological polar surface area (TPSA) is 94.3 Å². The zero-order valence-corrected chi connectivity index (χ0v) is 23.6. The molecule has 0 aromatic carbocycles. The molecule has 2 amide bonds. The fourth-order valence-corrected chi connectivity index (χ4v) is 7.85. The van der Waals surface area contributed by atoms with Gasteiger partial charge in [0.2, 0.25) is 11.8 Å². The molecule has 218 valence electrons. The summed E-state index contributed by atoms with van der Waals surface area (Å²) in [7, 11) is 0. The van der Waals surface area contributed by atoms with Crippen molar-refractivity contribution in [1.29, 1.82) is 0 Å². The summed E-state index contributed by atoms with van der Waals surface area (Å²) < 4.78 is 43.1. The molecule has 4 fully saturated rings. The molecule has 2 aliphatic carbocycles. The molecule has 11 heteroatoms. The third-order valence-corrected chi connectivity index (χ3v) is 10.4. The molecule has 4 aliphatic rings. The molecule has 0 aromatic heterocycles. The van der Waals surface area contributed by atoms with Gasteiger partial charge in [0.05, 0.1) is 11.8 Å². The summed E-state index contributed by atoms with van der Waals surface area (Å²) in [5.74, 6) is -1.64. The molecule has 38 heavy (non-hydrogen) atoms. The monoisotopic (exact) mass is 561 g/mol. The van der Waals surface area contributed by atoms with Crippen molar-refractivity contribution in [3.05, 3.63) is 0 Å². The predicted molar refractivity (Wildman–Crippen MR) is 144 cm³/mol. The average molecular weight is 562 g/mol. The average Bonchev–Trinajstić information content (AvgIpc) is 3.37. The number of carbonyl (C=O) groups is 2. The van der Waals surface area contributed by atoms with E-state index in [0.717, 1.165) is 64.2 Å². The number of halogens is 3. The smallest absolute Gasteiger partial charge is 0.352 e. The minimum Gasteiger partial charge on any atom is -0.352 e. The normalized spacial score (nSPS) is 34.8. The quantitative estimate of drug-likeness (QED) is 0.317. The van der Waals surface area contributed by atoms with Gasteiger partial charge >= 0.3 is 6.18 Å². The first-order valence-electron chi connectivity index (χ1n) is 14.7. The van der Waals surface area contributed by atoms with Crippen molar-refractivity contribution in [2.45, 2.75) is 126 Å². The molecule has 7 nitrogen and oxygen atoms in total.